The van der Waals surface area contributed by atoms with E-state index in [4.69, 9.17) is 0 Å². The molecule has 0 bridgehead atoms. The molecular weight excluding hydrogens is 388 g/mol. The Bertz CT molecular complexity index is 803. The van der Waals surface area contributed by atoms with E-state index < -0.39 is 0 Å². The van der Waals surface area contributed by atoms with E-state index in [1.807, 2.05) is 5.57 Å². The van der Waals surface area contributed by atoms with E-state index in [9.17, 15) is 5.11 Å². The largest absolute Gasteiger partial charge is 0.393 e. The first-order chi connectivity index (χ1) is 15.0. The van der Waals surface area contributed by atoms with Crippen molar-refractivity contribution >= 4 is 0 Å². The fourth-order valence-corrected chi connectivity index (χ4v) is 10.5. The molecule has 0 aliphatic heterocycles. The molecule has 9 atom stereocenters. The van der Waals surface area contributed by atoms with Crippen molar-refractivity contribution in [2.75, 3.05) is 0 Å². The van der Waals surface area contributed by atoms with Crippen molar-refractivity contribution in [2.24, 2.45) is 51.2 Å². The first kappa shape index (κ1) is 23.2. The molecule has 0 unspecified atom stereocenters. The molecule has 0 aromatic carbocycles. The molecule has 0 heterocycles. The molecule has 1 heteroatoms. The number of rotatable bonds is 6. The van der Waals surface area contributed by atoms with Crippen molar-refractivity contribution in [1.82, 2.24) is 0 Å². The van der Waals surface area contributed by atoms with Gasteiger partial charge in [0.15, 0.2) is 0 Å². The van der Waals surface area contributed by atoms with E-state index in [-0.39, 0.29) is 6.10 Å². The van der Waals surface area contributed by atoms with Crippen LogP contribution in [-0.2, 0) is 0 Å². The zero-order valence-corrected chi connectivity index (χ0v) is 22.0. The zero-order valence-electron chi connectivity index (χ0n) is 22.0. The molecule has 5 aliphatic rings. The molecular formula is C31H50O. The second-order valence-corrected chi connectivity index (χ2v) is 14.1. The van der Waals surface area contributed by atoms with Crippen molar-refractivity contribution < 1.29 is 5.11 Å². The highest BCUT2D eigenvalue weighted by molar-refractivity contribution is 5.41. The maximum Gasteiger partial charge on any atom is 0.0546 e. The van der Waals surface area contributed by atoms with Crippen LogP contribution < -0.4 is 0 Å². The second-order valence-electron chi connectivity index (χ2n) is 14.1. The molecule has 0 aromatic rings. The van der Waals surface area contributed by atoms with Gasteiger partial charge in [0.1, 0.15) is 0 Å². The number of hydrogen-bond acceptors (Lipinski definition) is 1. The summed E-state index contributed by atoms with van der Waals surface area (Å²) in [5, 5.41) is 10.4. The van der Waals surface area contributed by atoms with Gasteiger partial charge < -0.3 is 5.11 Å². The molecule has 1 N–H and O–H groups in total. The lowest BCUT2D eigenvalue weighted by molar-refractivity contribution is -0.0342. The maximum atomic E-state index is 10.4. The third kappa shape index (κ3) is 2.98. The summed E-state index contributed by atoms with van der Waals surface area (Å²) >= 11 is 0. The van der Waals surface area contributed by atoms with Gasteiger partial charge in [-0.1, -0.05) is 58.4 Å². The number of fused-ring (bicyclic) bond motifs is 3. The Labute approximate surface area is 198 Å². The van der Waals surface area contributed by atoms with E-state index in [1.54, 1.807) is 0 Å². The van der Waals surface area contributed by atoms with Gasteiger partial charge in [-0.15, -0.1) is 0 Å². The number of aliphatic hydroxyl groups is 1. The third-order valence-corrected chi connectivity index (χ3v) is 12.6. The quantitative estimate of drug-likeness (QED) is 0.413. The highest BCUT2D eigenvalue weighted by Crippen LogP contribution is 2.83. The van der Waals surface area contributed by atoms with Gasteiger partial charge in [-0.3, -0.25) is 0 Å². The summed E-state index contributed by atoms with van der Waals surface area (Å²) in [4.78, 5) is 0. The zero-order chi connectivity index (χ0) is 23.1. The molecule has 5 rings (SSSR count). The average Bonchev–Trinajstić information content (AvgIpc) is 3.31. The van der Waals surface area contributed by atoms with Crippen molar-refractivity contribution in [3.05, 3.63) is 23.8 Å². The van der Waals surface area contributed by atoms with E-state index in [2.05, 4.69) is 54.2 Å². The number of allylic oxidation sites excluding steroid dienone is 3. The molecule has 0 spiro atoms. The van der Waals surface area contributed by atoms with E-state index in [1.165, 1.54) is 63.4 Å². The van der Waals surface area contributed by atoms with Crippen molar-refractivity contribution in [3.63, 3.8) is 0 Å². The Morgan fingerprint density at radius 1 is 1.06 bits per heavy atom. The summed E-state index contributed by atoms with van der Waals surface area (Å²) in [6.45, 7) is 19.3. The predicted molar refractivity (Wildman–Crippen MR) is 135 cm³/mol. The van der Waals surface area contributed by atoms with Crippen LogP contribution in [0, 0.1) is 51.2 Å². The maximum absolute atomic E-state index is 10.4. The van der Waals surface area contributed by atoms with Crippen molar-refractivity contribution in [3.8, 4) is 0 Å². The fraction of sp³-hybridized carbons (Fsp3) is 0.871. The Balaban J connectivity index is 1.36. The molecule has 4 saturated carbocycles. The SMILES string of the molecule is C=C(C)[C@@H](CC[C@@H](C)[C@H]1CC[C@@]2(C)[C@@H]3CC[C@]45C[C@@H](O)CC[C@]4(C5)C3=CC[C@]12C)C(C)C. The minimum Gasteiger partial charge on any atom is -0.393 e. The summed E-state index contributed by atoms with van der Waals surface area (Å²) in [6.07, 6.45) is 17.1. The molecule has 0 saturated heterocycles. The van der Waals surface area contributed by atoms with Crippen LogP contribution in [0.1, 0.15) is 112 Å². The molecule has 0 radical (unpaired) electrons. The van der Waals surface area contributed by atoms with E-state index in [0.717, 1.165) is 30.6 Å². The van der Waals surface area contributed by atoms with Crippen LogP contribution in [0.3, 0.4) is 0 Å². The number of hydrogen-bond donors (Lipinski definition) is 1. The average molecular weight is 439 g/mol. The molecule has 0 aromatic heterocycles. The second kappa shape index (κ2) is 7.47. The third-order valence-electron chi connectivity index (χ3n) is 12.6. The first-order valence-electron chi connectivity index (χ1n) is 14.0. The van der Waals surface area contributed by atoms with Crippen LogP contribution in [0.4, 0.5) is 0 Å². The Morgan fingerprint density at radius 3 is 2.50 bits per heavy atom. The summed E-state index contributed by atoms with van der Waals surface area (Å²) < 4.78 is 0. The van der Waals surface area contributed by atoms with Crippen molar-refractivity contribution in [2.45, 2.75) is 118 Å². The monoisotopic (exact) mass is 438 g/mol. The van der Waals surface area contributed by atoms with E-state index in [0.29, 0.717) is 33.5 Å². The van der Waals surface area contributed by atoms with Crippen LogP contribution in [0.5, 0.6) is 0 Å². The van der Waals surface area contributed by atoms with Crippen LogP contribution in [0.25, 0.3) is 0 Å². The molecule has 1 nitrogen and oxygen atoms in total. The molecule has 5 aliphatic carbocycles. The van der Waals surface area contributed by atoms with Gasteiger partial charge in [-0.05, 0) is 129 Å². The summed E-state index contributed by atoms with van der Waals surface area (Å²) in [6, 6.07) is 0. The smallest absolute Gasteiger partial charge is 0.0546 e. The van der Waals surface area contributed by atoms with Gasteiger partial charge >= 0.3 is 0 Å². The Kier molecular flexibility index (Phi) is 5.41. The lowest BCUT2D eigenvalue weighted by Gasteiger charge is -2.58. The minimum absolute atomic E-state index is 0.0298. The van der Waals surface area contributed by atoms with Gasteiger partial charge in [0.05, 0.1) is 6.10 Å². The van der Waals surface area contributed by atoms with Gasteiger partial charge in [0.25, 0.3) is 0 Å². The summed E-state index contributed by atoms with van der Waals surface area (Å²) in [5.41, 5.74) is 5.17. The fourth-order valence-electron chi connectivity index (χ4n) is 10.5. The highest BCUT2D eigenvalue weighted by atomic mass is 16.3. The summed E-state index contributed by atoms with van der Waals surface area (Å²) in [5.74, 6) is 3.86. The first-order valence-corrected chi connectivity index (χ1v) is 14.0. The lowest BCUT2D eigenvalue weighted by atomic mass is 9.47. The highest BCUT2D eigenvalue weighted by Gasteiger charge is 2.75. The Morgan fingerprint density at radius 2 is 1.81 bits per heavy atom. The van der Waals surface area contributed by atoms with Gasteiger partial charge in [-0.2, -0.15) is 0 Å². The van der Waals surface area contributed by atoms with Crippen molar-refractivity contribution in [1.29, 1.82) is 0 Å². The van der Waals surface area contributed by atoms with Gasteiger partial charge in [0, 0.05) is 0 Å². The normalized spacial score (nSPS) is 48.8. The molecule has 4 fully saturated rings. The van der Waals surface area contributed by atoms with E-state index >= 15 is 0 Å². The molecule has 180 valence electrons. The Hall–Kier alpha value is -0.560. The van der Waals surface area contributed by atoms with Gasteiger partial charge in [-0.25, -0.2) is 0 Å². The van der Waals surface area contributed by atoms with Crippen LogP contribution in [-0.4, -0.2) is 11.2 Å². The number of aliphatic hydroxyl groups excluding tert-OH is 1. The van der Waals surface area contributed by atoms with Gasteiger partial charge in [0.2, 0.25) is 0 Å². The lowest BCUT2D eigenvalue weighted by Crippen LogP contribution is -2.50. The molecule has 0 amide bonds. The predicted octanol–water partition coefficient (Wildman–Crippen LogP) is 8.34. The minimum atomic E-state index is -0.0298. The standard InChI is InChI=1S/C31H50O/c1-20(2)24(21(3)4)9-8-22(5)25-11-14-29(7)26-13-16-30-18-23(32)10-17-31(30,19-30)27(26)12-15-28(25,29)6/h12,21-26,32H,1,8-11,13-19H2,2-7H3/t22-,23+,24-,25-,26-,28-,29+,30-,31+/m1/s1. The molecule has 32 heavy (non-hydrogen) atoms. The van der Waals surface area contributed by atoms with Crippen LogP contribution in [0.2, 0.25) is 0 Å². The topological polar surface area (TPSA) is 20.2 Å². The van der Waals surface area contributed by atoms with Crippen LogP contribution >= 0.6 is 0 Å². The summed E-state index contributed by atoms with van der Waals surface area (Å²) in [7, 11) is 0. The van der Waals surface area contributed by atoms with Crippen LogP contribution in [0.15, 0.2) is 23.8 Å².